The van der Waals surface area contributed by atoms with Crippen LogP contribution in [0.15, 0.2) is 10.9 Å². The standard InChI is InChI=1S/C13H21N3S/c1-16(8-12-9-17-10-15-12)7-11-6-13(11)2-4-14-5-3-13/h9-11,14H,2-8H2,1H3. The van der Waals surface area contributed by atoms with E-state index in [1.54, 1.807) is 11.3 Å². The highest BCUT2D eigenvalue weighted by Crippen LogP contribution is 2.58. The van der Waals surface area contributed by atoms with Gasteiger partial charge in [0, 0.05) is 18.5 Å². The fourth-order valence-electron chi connectivity index (χ4n) is 3.26. The highest BCUT2D eigenvalue weighted by Gasteiger charge is 2.53. The summed E-state index contributed by atoms with van der Waals surface area (Å²) in [6, 6.07) is 0. The first kappa shape index (κ1) is 11.6. The Kier molecular flexibility index (Phi) is 3.19. The van der Waals surface area contributed by atoms with Crippen LogP contribution in [-0.2, 0) is 6.54 Å². The van der Waals surface area contributed by atoms with E-state index in [1.807, 2.05) is 5.51 Å². The van der Waals surface area contributed by atoms with Crippen LogP contribution in [0.1, 0.15) is 25.0 Å². The van der Waals surface area contributed by atoms with Crippen LogP contribution in [0.3, 0.4) is 0 Å². The molecule has 2 heterocycles. The van der Waals surface area contributed by atoms with Crippen LogP contribution >= 0.6 is 11.3 Å². The fraction of sp³-hybridized carbons (Fsp3) is 0.769. The third-order valence-electron chi connectivity index (χ3n) is 4.41. The predicted octanol–water partition coefficient (Wildman–Crippen LogP) is 1.96. The Labute approximate surface area is 107 Å². The highest BCUT2D eigenvalue weighted by molar-refractivity contribution is 7.07. The molecule has 1 saturated heterocycles. The van der Waals surface area contributed by atoms with Gasteiger partial charge in [-0.3, -0.25) is 0 Å². The SMILES string of the molecule is CN(Cc1cscn1)CC1CC12CCNCC2. The van der Waals surface area contributed by atoms with Gasteiger partial charge in [0.15, 0.2) is 0 Å². The molecular weight excluding hydrogens is 230 g/mol. The largest absolute Gasteiger partial charge is 0.317 e. The van der Waals surface area contributed by atoms with E-state index < -0.39 is 0 Å². The van der Waals surface area contributed by atoms with Crippen LogP contribution in [-0.4, -0.2) is 36.6 Å². The summed E-state index contributed by atoms with van der Waals surface area (Å²) in [7, 11) is 2.23. The molecule has 3 nitrogen and oxygen atoms in total. The maximum atomic E-state index is 4.35. The Morgan fingerprint density at radius 2 is 2.35 bits per heavy atom. The molecule has 17 heavy (non-hydrogen) atoms. The zero-order valence-electron chi connectivity index (χ0n) is 10.5. The molecule has 94 valence electrons. The minimum atomic E-state index is 0.710. The number of hydrogen-bond donors (Lipinski definition) is 1. The van der Waals surface area contributed by atoms with Gasteiger partial charge < -0.3 is 10.2 Å². The van der Waals surface area contributed by atoms with Gasteiger partial charge in [0.2, 0.25) is 0 Å². The van der Waals surface area contributed by atoms with Crippen LogP contribution in [0, 0.1) is 11.3 Å². The molecule has 0 bridgehead atoms. The summed E-state index contributed by atoms with van der Waals surface area (Å²) in [4.78, 5) is 6.80. The van der Waals surface area contributed by atoms with Crippen LogP contribution in [0.4, 0.5) is 0 Å². The van der Waals surface area contributed by atoms with E-state index in [4.69, 9.17) is 0 Å². The number of thiazole rings is 1. The second-order valence-electron chi connectivity index (χ2n) is 5.69. The van der Waals surface area contributed by atoms with Crippen molar-refractivity contribution < 1.29 is 0 Å². The molecule has 1 spiro atoms. The first-order valence-electron chi connectivity index (χ1n) is 6.55. The van der Waals surface area contributed by atoms with Gasteiger partial charge in [-0.2, -0.15) is 0 Å². The molecular formula is C13H21N3S. The quantitative estimate of drug-likeness (QED) is 0.887. The first-order valence-corrected chi connectivity index (χ1v) is 7.49. The maximum absolute atomic E-state index is 4.35. The second kappa shape index (κ2) is 4.67. The van der Waals surface area contributed by atoms with Crippen molar-refractivity contribution in [3.05, 3.63) is 16.6 Å². The van der Waals surface area contributed by atoms with Crippen LogP contribution in [0.2, 0.25) is 0 Å². The topological polar surface area (TPSA) is 28.2 Å². The highest BCUT2D eigenvalue weighted by atomic mass is 32.1. The van der Waals surface area contributed by atoms with Crippen molar-refractivity contribution in [2.24, 2.45) is 11.3 Å². The Balaban J connectivity index is 1.48. The van der Waals surface area contributed by atoms with E-state index in [1.165, 1.54) is 44.6 Å². The summed E-state index contributed by atoms with van der Waals surface area (Å²) in [5.74, 6) is 0.938. The molecule has 2 fully saturated rings. The van der Waals surface area contributed by atoms with E-state index in [0.29, 0.717) is 5.41 Å². The molecule has 1 saturated carbocycles. The number of piperidine rings is 1. The lowest BCUT2D eigenvalue weighted by Gasteiger charge is -2.25. The van der Waals surface area contributed by atoms with Crippen LogP contribution < -0.4 is 5.32 Å². The van der Waals surface area contributed by atoms with Crippen molar-refractivity contribution in [1.82, 2.24) is 15.2 Å². The zero-order chi connectivity index (χ0) is 11.7. The van der Waals surface area contributed by atoms with E-state index in [9.17, 15) is 0 Å². The Hall–Kier alpha value is -0.450. The Morgan fingerprint density at radius 1 is 1.53 bits per heavy atom. The van der Waals surface area contributed by atoms with Crippen molar-refractivity contribution in [2.75, 3.05) is 26.7 Å². The third kappa shape index (κ3) is 2.54. The summed E-state index contributed by atoms with van der Waals surface area (Å²) < 4.78 is 0. The molecule has 1 aliphatic carbocycles. The number of hydrogen-bond acceptors (Lipinski definition) is 4. The summed E-state index contributed by atoms with van der Waals surface area (Å²) in [6.45, 7) is 4.71. The van der Waals surface area contributed by atoms with E-state index in [-0.39, 0.29) is 0 Å². The molecule has 1 aromatic rings. The zero-order valence-corrected chi connectivity index (χ0v) is 11.3. The molecule has 2 aliphatic rings. The van der Waals surface area contributed by atoms with Crippen molar-refractivity contribution in [3.63, 3.8) is 0 Å². The maximum Gasteiger partial charge on any atom is 0.0795 e. The molecule has 3 rings (SSSR count). The minimum absolute atomic E-state index is 0.710. The molecule has 1 aliphatic heterocycles. The predicted molar refractivity (Wildman–Crippen MR) is 71.1 cm³/mol. The fourth-order valence-corrected chi connectivity index (χ4v) is 3.81. The molecule has 1 N–H and O–H groups in total. The molecule has 4 heteroatoms. The summed E-state index contributed by atoms with van der Waals surface area (Å²) in [6.07, 6.45) is 4.24. The molecule has 0 radical (unpaired) electrons. The molecule has 0 aromatic carbocycles. The van der Waals surface area contributed by atoms with Gasteiger partial charge in [0.1, 0.15) is 0 Å². The second-order valence-corrected chi connectivity index (χ2v) is 6.41. The van der Waals surface area contributed by atoms with Crippen molar-refractivity contribution in [3.8, 4) is 0 Å². The van der Waals surface area contributed by atoms with Gasteiger partial charge in [0.05, 0.1) is 11.2 Å². The summed E-state index contributed by atoms with van der Waals surface area (Å²) >= 11 is 1.69. The van der Waals surface area contributed by atoms with Gasteiger partial charge in [-0.05, 0) is 50.7 Å². The average Bonchev–Trinajstić information content (AvgIpc) is 2.78. The minimum Gasteiger partial charge on any atom is -0.317 e. The average molecular weight is 251 g/mol. The molecule has 1 aromatic heterocycles. The Bertz CT molecular complexity index is 357. The van der Waals surface area contributed by atoms with Gasteiger partial charge in [-0.25, -0.2) is 4.98 Å². The summed E-state index contributed by atoms with van der Waals surface area (Å²) in [5.41, 5.74) is 3.86. The van der Waals surface area contributed by atoms with Gasteiger partial charge >= 0.3 is 0 Å². The number of nitrogens with one attached hydrogen (secondary N) is 1. The Morgan fingerprint density at radius 3 is 3.06 bits per heavy atom. The molecule has 1 unspecified atom stereocenters. The lowest BCUT2D eigenvalue weighted by molar-refractivity contribution is 0.256. The normalized spacial score (nSPS) is 26.6. The number of nitrogens with zero attached hydrogens (tertiary/aromatic N) is 2. The van der Waals surface area contributed by atoms with Crippen molar-refractivity contribution >= 4 is 11.3 Å². The lowest BCUT2D eigenvalue weighted by Crippen LogP contribution is -2.31. The van der Waals surface area contributed by atoms with Crippen molar-refractivity contribution in [2.45, 2.75) is 25.8 Å². The van der Waals surface area contributed by atoms with Gasteiger partial charge in [0.25, 0.3) is 0 Å². The number of rotatable bonds is 4. The van der Waals surface area contributed by atoms with Crippen molar-refractivity contribution in [1.29, 1.82) is 0 Å². The van der Waals surface area contributed by atoms with E-state index in [2.05, 4.69) is 27.6 Å². The van der Waals surface area contributed by atoms with Crippen LogP contribution in [0.5, 0.6) is 0 Å². The van der Waals surface area contributed by atoms with E-state index in [0.717, 1.165) is 12.5 Å². The van der Waals surface area contributed by atoms with Gasteiger partial charge in [-0.15, -0.1) is 11.3 Å². The monoisotopic (exact) mass is 251 g/mol. The number of aromatic nitrogens is 1. The molecule has 1 atom stereocenters. The lowest BCUT2D eigenvalue weighted by atomic mass is 9.92. The smallest absolute Gasteiger partial charge is 0.0795 e. The van der Waals surface area contributed by atoms with Crippen LogP contribution in [0.25, 0.3) is 0 Å². The first-order chi connectivity index (χ1) is 8.28. The summed E-state index contributed by atoms with van der Waals surface area (Å²) in [5, 5.41) is 5.62. The van der Waals surface area contributed by atoms with E-state index >= 15 is 0 Å². The third-order valence-corrected chi connectivity index (χ3v) is 5.04. The molecule has 0 amide bonds. The van der Waals surface area contributed by atoms with Gasteiger partial charge in [-0.1, -0.05) is 0 Å².